The molecule has 0 heterocycles. The first-order valence-electron chi connectivity index (χ1n) is 4.76. The minimum absolute atomic E-state index is 0.328. The Morgan fingerprint density at radius 3 is 2.33 bits per heavy atom. The molecule has 0 aromatic rings. The van der Waals surface area contributed by atoms with E-state index in [9.17, 15) is 13.2 Å². The maximum Gasteiger partial charge on any atom is 0.389 e. The molecule has 0 radical (unpaired) electrons. The largest absolute Gasteiger partial charge is 0.389 e. The lowest BCUT2D eigenvalue weighted by Gasteiger charge is -2.37. The summed E-state index contributed by atoms with van der Waals surface area (Å²) in [7, 11) is 0. The Morgan fingerprint density at radius 2 is 2.00 bits per heavy atom. The molecule has 1 rings (SSSR count). The third-order valence-electron chi connectivity index (χ3n) is 3.13. The Balaban J connectivity index is 2.89. The Morgan fingerprint density at radius 1 is 1.47 bits per heavy atom. The molecule has 0 amide bonds. The normalized spacial score (nSPS) is 36.9. The van der Waals surface area contributed by atoms with Gasteiger partial charge in [-0.05, 0) is 18.8 Å². The lowest BCUT2D eigenvalue weighted by atomic mass is 9.76. The van der Waals surface area contributed by atoms with Gasteiger partial charge in [0.15, 0.2) is 0 Å². The number of nitrogens with two attached hydrogens (primary N) is 1. The summed E-state index contributed by atoms with van der Waals surface area (Å²) in [4.78, 5) is 0. The average molecular weight is 286 g/mol. The molecule has 0 aliphatic heterocycles. The summed E-state index contributed by atoms with van der Waals surface area (Å²) in [5.41, 5.74) is 5.53. The molecule has 1 nitrogen and oxygen atoms in total. The van der Waals surface area contributed by atoms with Crippen LogP contribution in [-0.2, 0) is 0 Å². The summed E-state index contributed by atoms with van der Waals surface area (Å²) in [6.07, 6.45) is -2.70. The monoisotopic (exact) mass is 285 g/mol. The van der Waals surface area contributed by atoms with Crippen LogP contribution in [0.15, 0.2) is 11.6 Å². The highest BCUT2D eigenvalue weighted by molar-refractivity contribution is 9.10. The molecule has 0 saturated heterocycles. The van der Waals surface area contributed by atoms with Crippen molar-refractivity contribution >= 4 is 15.9 Å². The molecule has 15 heavy (non-hydrogen) atoms. The van der Waals surface area contributed by atoms with Crippen LogP contribution >= 0.6 is 15.9 Å². The smallest absolute Gasteiger partial charge is 0.327 e. The van der Waals surface area contributed by atoms with Gasteiger partial charge < -0.3 is 5.73 Å². The van der Waals surface area contributed by atoms with Crippen LogP contribution in [0.25, 0.3) is 0 Å². The number of allylic oxidation sites excluding steroid dienone is 1. The first-order chi connectivity index (χ1) is 6.60. The van der Waals surface area contributed by atoms with Crippen molar-refractivity contribution in [3.8, 4) is 0 Å². The second-order valence-electron chi connectivity index (χ2n) is 4.61. The van der Waals surface area contributed by atoms with Gasteiger partial charge in [0, 0.05) is 10.9 Å². The van der Waals surface area contributed by atoms with Crippen LogP contribution in [0.1, 0.15) is 26.7 Å². The summed E-state index contributed by atoms with van der Waals surface area (Å²) >= 11 is 3.37. The summed E-state index contributed by atoms with van der Waals surface area (Å²) in [5, 5.41) is 0. The topological polar surface area (TPSA) is 26.0 Å². The van der Waals surface area contributed by atoms with Gasteiger partial charge in [-0.2, -0.15) is 13.2 Å². The molecular weight excluding hydrogens is 271 g/mol. The van der Waals surface area contributed by atoms with Crippen LogP contribution in [0.3, 0.4) is 0 Å². The van der Waals surface area contributed by atoms with Crippen LogP contribution < -0.4 is 5.73 Å². The van der Waals surface area contributed by atoms with Gasteiger partial charge in [-0.25, -0.2) is 0 Å². The molecule has 0 fully saturated rings. The van der Waals surface area contributed by atoms with Crippen molar-refractivity contribution < 1.29 is 13.2 Å². The van der Waals surface area contributed by atoms with Crippen molar-refractivity contribution in [2.45, 2.75) is 37.2 Å². The van der Waals surface area contributed by atoms with Crippen LogP contribution in [0.2, 0.25) is 0 Å². The highest BCUT2D eigenvalue weighted by atomic mass is 79.9. The van der Waals surface area contributed by atoms with E-state index in [4.69, 9.17) is 5.73 Å². The lowest BCUT2D eigenvalue weighted by Crippen LogP contribution is -2.37. The summed E-state index contributed by atoms with van der Waals surface area (Å²) in [6.45, 7) is 3.74. The van der Waals surface area contributed by atoms with Gasteiger partial charge in [0.1, 0.15) is 0 Å². The van der Waals surface area contributed by atoms with E-state index in [-0.39, 0.29) is 0 Å². The molecule has 88 valence electrons. The SMILES string of the molecule is CC1(Br)C=C(CN)CC1(C)CC(F)(F)F. The molecule has 2 unspecified atom stereocenters. The first kappa shape index (κ1) is 13.0. The third-order valence-corrected chi connectivity index (χ3v) is 4.31. The van der Waals surface area contributed by atoms with Gasteiger partial charge in [0.25, 0.3) is 0 Å². The van der Waals surface area contributed by atoms with E-state index in [2.05, 4.69) is 15.9 Å². The van der Waals surface area contributed by atoms with Crippen molar-refractivity contribution in [1.29, 1.82) is 0 Å². The molecule has 0 spiro atoms. The van der Waals surface area contributed by atoms with E-state index >= 15 is 0 Å². The van der Waals surface area contributed by atoms with Crippen LogP contribution in [0.4, 0.5) is 13.2 Å². The summed E-state index contributed by atoms with van der Waals surface area (Å²) in [5.74, 6) is 0. The van der Waals surface area contributed by atoms with Crippen molar-refractivity contribution in [2.24, 2.45) is 11.1 Å². The van der Waals surface area contributed by atoms with Crippen molar-refractivity contribution in [3.05, 3.63) is 11.6 Å². The van der Waals surface area contributed by atoms with E-state index in [1.807, 2.05) is 6.08 Å². The van der Waals surface area contributed by atoms with Gasteiger partial charge in [-0.3, -0.25) is 0 Å². The molecule has 0 saturated carbocycles. The second kappa shape index (κ2) is 3.77. The van der Waals surface area contributed by atoms with Crippen molar-refractivity contribution in [1.82, 2.24) is 0 Å². The number of hydrogen-bond donors (Lipinski definition) is 1. The van der Waals surface area contributed by atoms with E-state index in [0.29, 0.717) is 13.0 Å². The number of alkyl halides is 4. The van der Waals surface area contributed by atoms with E-state index in [1.165, 1.54) is 0 Å². The lowest BCUT2D eigenvalue weighted by molar-refractivity contribution is -0.157. The van der Waals surface area contributed by atoms with Gasteiger partial charge in [-0.15, -0.1) is 0 Å². The fourth-order valence-electron chi connectivity index (χ4n) is 2.09. The van der Waals surface area contributed by atoms with Crippen LogP contribution in [0, 0.1) is 5.41 Å². The molecule has 2 N–H and O–H groups in total. The van der Waals surface area contributed by atoms with Gasteiger partial charge in [0.05, 0.1) is 6.42 Å². The number of hydrogen-bond acceptors (Lipinski definition) is 1. The van der Waals surface area contributed by atoms with E-state index in [0.717, 1.165) is 5.57 Å². The second-order valence-corrected chi connectivity index (χ2v) is 6.26. The van der Waals surface area contributed by atoms with Gasteiger partial charge in [-0.1, -0.05) is 34.5 Å². The predicted molar refractivity (Wildman–Crippen MR) is 57.9 cm³/mol. The minimum Gasteiger partial charge on any atom is -0.327 e. The molecule has 1 aliphatic rings. The Kier molecular flexibility index (Phi) is 3.28. The zero-order valence-corrected chi connectivity index (χ0v) is 10.4. The van der Waals surface area contributed by atoms with Crippen molar-refractivity contribution in [2.75, 3.05) is 6.54 Å². The number of rotatable bonds is 2. The molecule has 0 bridgehead atoms. The maximum absolute atomic E-state index is 12.5. The standard InChI is InChI=1S/C10H15BrF3N/c1-8(6-10(12,13)14)3-7(5-15)4-9(8,2)11/h4H,3,5-6,15H2,1-2H3. The third kappa shape index (κ3) is 2.75. The molecule has 0 aromatic heterocycles. The summed E-state index contributed by atoms with van der Waals surface area (Å²) in [6, 6.07) is 0. The van der Waals surface area contributed by atoms with E-state index in [1.54, 1.807) is 13.8 Å². The highest BCUT2D eigenvalue weighted by Crippen LogP contribution is 2.54. The molecule has 1 aliphatic carbocycles. The van der Waals surface area contributed by atoms with E-state index < -0.39 is 22.3 Å². The molecule has 2 atom stereocenters. The molecule has 0 aromatic carbocycles. The molecular formula is C10H15BrF3N. The highest BCUT2D eigenvalue weighted by Gasteiger charge is 2.51. The first-order valence-corrected chi connectivity index (χ1v) is 5.55. The Bertz CT molecular complexity index is 283. The van der Waals surface area contributed by atoms with Crippen LogP contribution in [0.5, 0.6) is 0 Å². The van der Waals surface area contributed by atoms with Gasteiger partial charge >= 0.3 is 6.18 Å². The Hall–Kier alpha value is -0.0300. The maximum atomic E-state index is 12.5. The fourth-order valence-corrected chi connectivity index (χ4v) is 2.70. The zero-order valence-electron chi connectivity index (χ0n) is 8.79. The predicted octanol–water partition coefficient (Wildman–Crippen LogP) is 3.39. The van der Waals surface area contributed by atoms with Crippen molar-refractivity contribution in [3.63, 3.8) is 0 Å². The van der Waals surface area contributed by atoms with Crippen LogP contribution in [-0.4, -0.2) is 17.0 Å². The quantitative estimate of drug-likeness (QED) is 0.611. The van der Waals surface area contributed by atoms with Gasteiger partial charge in [0.2, 0.25) is 0 Å². The molecule has 5 heteroatoms. The fraction of sp³-hybridized carbons (Fsp3) is 0.800. The Labute approximate surface area is 96.0 Å². The minimum atomic E-state index is -4.14. The average Bonchev–Trinajstić information content (AvgIpc) is 2.18. The number of halogens is 4. The summed E-state index contributed by atoms with van der Waals surface area (Å²) < 4.78 is 36.7. The zero-order chi connectivity index (χ0) is 11.9.